The van der Waals surface area contributed by atoms with Gasteiger partial charge in [0.2, 0.25) is 5.91 Å². The molecule has 2 aromatic heterocycles. The van der Waals surface area contributed by atoms with E-state index in [1.165, 1.54) is 19.2 Å². The Bertz CT molecular complexity index is 1120. The van der Waals surface area contributed by atoms with Crippen LogP contribution in [-0.4, -0.2) is 46.4 Å². The van der Waals surface area contributed by atoms with Crippen LogP contribution in [-0.2, 0) is 22.6 Å². The number of methoxy groups -OCH3 is 1. The first kappa shape index (κ1) is 19.8. The van der Waals surface area contributed by atoms with Gasteiger partial charge in [0.1, 0.15) is 11.6 Å². The van der Waals surface area contributed by atoms with Gasteiger partial charge in [-0.25, -0.2) is 9.78 Å². The Morgan fingerprint density at radius 3 is 3.00 bits per heavy atom. The largest absolute Gasteiger partial charge is 0.467 e. The van der Waals surface area contributed by atoms with Crippen LogP contribution in [0.1, 0.15) is 34.8 Å². The normalized spacial score (nSPS) is 16.6. The number of carbonyl (C=O) groups excluding carboxylic acids is 2. The molecule has 30 heavy (non-hydrogen) atoms. The topological polar surface area (TPSA) is 118 Å². The second kappa shape index (κ2) is 8.50. The van der Waals surface area contributed by atoms with Crippen LogP contribution in [0.3, 0.4) is 0 Å². The van der Waals surface area contributed by atoms with Crippen molar-refractivity contribution >= 4 is 22.8 Å². The zero-order valence-electron chi connectivity index (χ0n) is 16.5. The third-order valence-electron chi connectivity index (χ3n) is 5.21. The molecule has 1 atom stereocenters. The number of fused-ring (bicyclic) bond motifs is 1. The number of nitrogens with zero attached hydrogens (tertiary/aromatic N) is 2. The molecule has 3 aromatic rings. The number of aromatic nitrogens is 2. The van der Waals surface area contributed by atoms with Crippen LogP contribution in [0, 0.1) is 0 Å². The van der Waals surface area contributed by atoms with Gasteiger partial charge in [-0.05, 0) is 49.7 Å². The molecule has 0 aliphatic carbocycles. The first-order chi connectivity index (χ1) is 14.5. The van der Waals surface area contributed by atoms with Crippen molar-refractivity contribution in [3.63, 3.8) is 0 Å². The summed E-state index contributed by atoms with van der Waals surface area (Å²) < 4.78 is 9.98. The van der Waals surface area contributed by atoms with Gasteiger partial charge in [-0.1, -0.05) is 0 Å². The SMILES string of the molecule is COC(=O)c1ccc2c(=O)[nH]c(CN3CCC[C@@H]3C(=O)NCc3ccco3)nc2c1. The third-order valence-corrected chi connectivity index (χ3v) is 5.21. The van der Waals surface area contributed by atoms with Crippen molar-refractivity contribution in [2.24, 2.45) is 0 Å². The number of amides is 1. The standard InChI is InChI=1S/C21H22N4O5/c1-29-21(28)13-6-7-15-16(10-13)23-18(24-19(15)26)12-25-8-2-5-17(25)20(27)22-11-14-4-3-9-30-14/h3-4,6-7,9-10,17H,2,5,8,11-12H2,1H3,(H,22,27)(H,23,24,26)/t17-/m1/s1. The second-order valence-corrected chi connectivity index (χ2v) is 7.16. The van der Waals surface area contributed by atoms with Crippen molar-refractivity contribution in [3.8, 4) is 0 Å². The number of aromatic amines is 1. The van der Waals surface area contributed by atoms with E-state index in [0.717, 1.165) is 19.4 Å². The van der Waals surface area contributed by atoms with E-state index in [-0.39, 0.29) is 17.5 Å². The van der Waals surface area contributed by atoms with E-state index in [1.54, 1.807) is 24.5 Å². The van der Waals surface area contributed by atoms with Crippen molar-refractivity contribution in [2.45, 2.75) is 32.0 Å². The van der Waals surface area contributed by atoms with Crippen LogP contribution in [0.15, 0.2) is 45.8 Å². The van der Waals surface area contributed by atoms with Crippen molar-refractivity contribution in [2.75, 3.05) is 13.7 Å². The monoisotopic (exact) mass is 410 g/mol. The van der Waals surface area contributed by atoms with Gasteiger partial charge in [0, 0.05) is 0 Å². The summed E-state index contributed by atoms with van der Waals surface area (Å²) in [6, 6.07) is 7.90. The van der Waals surface area contributed by atoms with E-state index in [1.807, 2.05) is 4.90 Å². The van der Waals surface area contributed by atoms with Crippen LogP contribution in [0.2, 0.25) is 0 Å². The van der Waals surface area contributed by atoms with Crippen LogP contribution in [0.5, 0.6) is 0 Å². The summed E-state index contributed by atoms with van der Waals surface area (Å²) >= 11 is 0. The minimum Gasteiger partial charge on any atom is -0.467 e. The molecule has 3 heterocycles. The maximum Gasteiger partial charge on any atom is 0.337 e. The lowest BCUT2D eigenvalue weighted by molar-refractivity contribution is -0.125. The maximum absolute atomic E-state index is 12.6. The number of hydrogen-bond acceptors (Lipinski definition) is 7. The lowest BCUT2D eigenvalue weighted by atomic mass is 10.1. The number of H-pyrrole nitrogens is 1. The molecule has 1 saturated heterocycles. The van der Waals surface area contributed by atoms with Crippen molar-refractivity contribution in [3.05, 3.63) is 64.1 Å². The molecule has 1 aliphatic heterocycles. The van der Waals surface area contributed by atoms with Gasteiger partial charge in [0.15, 0.2) is 0 Å². The van der Waals surface area contributed by atoms with Crippen LogP contribution in [0.4, 0.5) is 0 Å². The molecule has 0 saturated carbocycles. The van der Waals surface area contributed by atoms with E-state index in [0.29, 0.717) is 41.1 Å². The predicted octanol–water partition coefficient (Wildman–Crippen LogP) is 1.58. The molecule has 1 aromatic carbocycles. The van der Waals surface area contributed by atoms with E-state index in [2.05, 4.69) is 15.3 Å². The van der Waals surface area contributed by atoms with Gasteiger partial charge >= 0.3 is 5.97 Å². The van der Waals surface area contributed by atoms with Gasteiger partial charge in [-0.3, -0.25) is 14.5 Å². The fourth-order valence-electron chi connectivity index (χ4n) is 3.72. The number of nitrogens with one attached hydrogen (secondary N) is 2. The summed E-state index contributed by atoms with van der Waals surface area (Å²) in [7, 11) is 1.30. The Balaban J connectivity index is 1.51. The number of furan rings is 1. The van der Waals surface area contributed by atoms with Crippen LogP contribution >= 0.6 is 0 Å². The van der Waals surface area contributed by atoms with Gasteiger partial charge in [-0.2, -0.15) is 0 Å². The Labute approximate surface area is 172 Å². The van der Waals surface area contributed by atoms with E-state index < -0.39 is 5.97 Å². The number of carbonyl (C=O) groups is 2. The molecular weight excluding hydrogens is 388 g/mol. The van der Waals surface area contributed by atoms with Crippen molar-refractivity contribution < 1.29 is 18.7 Å². The highest BCUT2D eigenvalue weighted by atomic mass is 16.5. The van der Waals surface area contributed by atoms with Gasteiger partial charge in [-0.15, -0.1) is 0 Å². The Kier molecular flexibility index (Phi) is 5.62. The van der Waals surface area contributed by atoms with Crippen molar-refractivity contribution in [1.29, 1.82) is 0 Å². The third kappa shape index (κ3) is 4.11. The molecule has 4 rings (SSSR count). The summed E-state index contributed by atoms with van der Waals surface area (Å²) in [5, 5.41) is 3.28. The number of ether oxygens (including phenoxy) is 1. The summed E-state index contributed by atoms with van der Waals surface area (Å²) in [6.45, 7) is 1.38. The fraction of sp³-hybridized carbons (Fsp3) is 0.333. The molecule has 0 bridgehead atoms. The van der Waals surface area contributed by atoms with Gasteiger partial charge in [0.25, 0.3) is 5.56 Å². The number of likely N-dealkylation sites (tertiary alicyclic amines) is 1. The average Bonchev–Trinajstić information content (AvgIpc) is 3.43. The molecule has 0 spiro atoms. The van der Waals surface area contributed by atoms with Crippen molar-refractivity contribution in [1.82, 2.24) is 20.2 Å². The first-order valence-electron chi connectivity index (χ1n) is 9.70. The molecular formula is C21H22N4O5. The molecule has 1 fully saturated rings. The quantitative estimate of drug-likeness (QED) is 0.593. The molecule has 1 aliphatic rings. The summed E-state index contributed by atoms with van der Waals surface area (Å²) in [5.41, 5.74) is 0.449. The smallest absolute Gasteiger partial charge is 0.337 e. The number of hydrogen-bond donors (Lipinski definition) is 2. The number of rotatable bonds is 6. The van der Waals surface area contributed by atoms with E-state index in [9.17, 15) is 14.4 Å². The molecule has 2 N–H and O–H groups in total. The zero-order valence-corrected chi connectivity index (χ0v) is 16.5. The lowest BCUT2D eigenvalue weighted by Gasteiger charge is -2.23. The zero-order chi connectivity index (χ0) is 21.1. The highest BCUT2D eigenvalue weighted by molar-refractivity contribution is 5.94. The van der Waals surface area contributed by atoms with Crippen LogP contribution < -0.4 is 10.9 Å². The highest BCUT2D eigenvalue weighted by Crippen LogP contribution is 2.20. The fourth-order valence-corrected chi connectivity index (χ4v) is 3.72. The molecule has 1 amide bonds. The molecule has 156 valence electrons. The second-order valence-electron chi connectivity index (χ2n) is 7.16. The molecule has 9 nitrogen and oxygen atoms in total. The maximum atomic E-state index is 12.6. The van der Waals surface area contributed by atoms with E-state index in [4.69, 9.17) is 9.15 Å². The number of esters is 1. The van der Waals surface area contributed by atoms with Gasteiger partial charge in [0.05, 0.1) is 49.0 Å². The van der Waals surface area contributed by atoms with Crippen LogP contribution in [0.25, 0.3) is 10.9 Å². The Hall–Kier alpha value is -3.46. The van der Waals surface area contributed by atoms with E-state index >= 15 is 0 Å². The van der Waals surface area contributed by atoms with Gasteiger partial charge < -0.3 is 19.5 Å². The first-order valence-corrected chi connectivity index (χ1v) is 9.70. The predicted molar refractivity (Wildman–Crippen MR) is 108 cm³/mol. The average molecular weight is 410 g/mol. The molecule has 9 heteroatoms. The summed E-state index contributed by atoms with van der Waals surface area (Å²) in [5.74, 6) is 0.559. The molecule has 0 unspecified atom stereocenters. The minimum absolute atomic E-state index is 0.0833. The molecule has 0 radical (unpaired) electrons. The summed E-state index contributed by atoms with van der Waals surface area (Å²) in [4.78, 5) is 46.1. The lowest BCUT2D eigenvalue weighted by Crippen LogP contribution is -2.43. The minimum atomic E-state index is -0.492. The highest BCUT2D eigenvalue weighted by Gasteiger charge is 2.31. The number of benzene rings is 1. The Morgan fingerprint density at radius 1 is 1.37 bits per heavy atom. The summed E-state index contributed by atoms with van der Waals surface area (Å²) in [6.07, 6.45) is 3.17. The Morgan fingerprint density at radius 2 is 2.23 bits per heavy atom.